The highest BCUT2D eigenvalue weighted by atomic mass is 35.5. The van der Waals surface area contributed by atoms with Gasteiger partial charge in [0.1, 0.15) is 11.6 Å². The molecule has 0 bridgehead atoms. The fourth-order valence-electron chi connectivity index (χ4n) is 3.40. The number of carbonyl (C=O) groups is 2. The van der Waals surface area contributed by atoms with E-state index in [0.717, 1.165) is 0 Å². The first-order valence-electron chi connectivity index (χ1n) is 11.9. The van der Waals surface area contributed by atoms with Gasteiger partial charge in [0.25, 0.3) is 5.91 Å². The zero-order chi connectivity index (χ0) is 28.1. The Labute approximate surface area is 225 Å². The van der Waals surface area contributed by atoms with Crippen molar-refractivity contribution < 1.29 is 18.4 Å². The molecule has 1 aromatic heterocycles. The number of nitrogens with zero attached hydrogens (tertiary/aromatic N) is 3. The van der Waals surface area contributed by atoms with Gasteiger partial charge in [-0.3, -0.25) is 14.6 Å². The van der Waals surface area contributed by atoms with E-state index in [1.165, 1.54) is 48.6 Å². The molecular weight excluding hydrogens is 514 g/mol. The Morgan fingerprint density at radius 2 is 1.84 bits per heavy atom. The summed E-state index contributed by atoms with van der Waals surface area (Å²) in [6.07, 6.45) is -0.885. The lowest BCUT2D eigenvalue weighted by atomic mass is 10.0. The zero-order valence-electron chi connectivity index (χ0n) is 21.2. The van der Waals surface area contributed by atoms with Crippen molar-refractivity contribution >= 4 is 34.9 Å². The number of alkyl halides is 1. The van der Waals surface area contributed by atoms with Crippen LogP contribution in [0.3, 0.4) is 0 Å². The molecule has 0 aliphatic rings. The van der Waals surface area contributed by atoms with E-state index < -0.39 is 29.8 Å². The summed E-state index contributed by atoms with van der Waals surface area (Å²) >= 11 is 6.36. The Morgan fingerprint density at radius 1 is 1.11 bits per heavy atom. The number of halogens is 3. The second-order valence-corrected chi connectivity index (χ2v) is 7.99. The SMILES string of the molecule is CC.CNC(=O)C(c1ccccc1Cl)N(NCCC(F)C(=O)Nc1cc(C#N)ccn1)c1cccc(F)c1. The maximum absolute atomic E-state index is 14.7. The van der Waals surface area contributed by atoms with Crippen LogP contribution in [0.5, 0.6) is 0 Å². The minimum Gasteiger partial charge on any atom is -0.357 e. The van der Waals surface area contributed by atoms with Gasteiger partial charge >= 0.3 is 0 Å². The van der Waals surface area contributed by atoms with Crippen LogP contribution in [0.25, 0.3) is 0 Å². The average Bonchev–Trinajstić information content (AvgIpc) is 2.94. The number of nitriles is 1. The van der Waals surface area contributed by atoms with Crippen molar-refractivity contribution in [3.8, 4) is 6.07 Å². The topological polar surface area (TPSA) is 110 Å². The maximum Gasteiger partial charge on any atom is 0.260 e. The summed E-state index contributed by atoms with van der Waals surface area (Å²) in [6, 6.07) is 15.9. The molecule has 2 unspecified atom stereocenters. The van der Waals surface area contributed by atoms with Crippen LogP contribution < -0.4 is 21.1 Å². The molecular formula is C27H29ClF2N6O2. The molecule has 0 spiro atoms. The number of benzene rings is 2. The molecule has 0 saturated carbocycles. The number of anilines is 2. The van der Waals surface area contributed by atoms with Gasteiger partial charge in [-0.1, -0.05) is 49.7 Å². The van der Waals surface area contributed by atoms with E-state index in [1.54, 1.807) is 30.3 Å². The second kappa shape index (κ2) is 15.2. The van der Waals surface area contributed by atoms with Gasteiger partial charge in [-0.05, 0) is 36.4 Å². The number of nitrogens with one attached hydrogen (secondary N) is 3. The summed E-state index contributed by atoms with van der Waals surface area (Å²) in [5.41, 5.74) is 3.94. The Bertz CT molecular complexity index is 1270. The number of hydrogen-bond acceptors (Lipinski definition) is 6. The number of aromatic nitrogens is 1. The van der Waals surface area contributed by atoms with Crippen LogP contribution >= 0.6 is 11.6 Å². The molecule has 3 N–H and O–H groups in total. The molecule has 200 valence electrons. The third-order valence-corrected chi connectivity index (χ3v) is 5.49. The average molecular weight is 543 g/mol. The lowest BCUT2D eigenvalue weighted by molar-refractivity contribution is -0.122. The molecule has 38 heavy (non-hydrogen) atoms. The zero-order valence-corrected chi connectivity index (χ0v) is 22.0. The third-order valence-electron chi connectivity index (χ3n) is 5.14. The molecule has 3 rings (SSSR count). The molecule has 0 aliphatic heterocycles. The van der Waals surface area contributed by atoms with Crippen molar-refractivity contribution in [2.75, 3.05) is 23.9 Å². The van der Waals surface area contributed by atoms with E-state index >= 15 is 0 Å². The lowest BCUT2D eigenvalue weighted by Crippen LogP contribution is -2.48. The number of likely N-dealkylation sites (N-methyl/N-ethyl adjacent to an activating group) is 1. The number of carbonyl (C=O) groups excluding carboxylic acids is 2. The third kappa shape index (κ3) is 8.23. The highest BCUT2D eigenvalue weighted by Gasteiger charge is 2.30. The fourth-order valence-corrected chi connectivity index (χ4v) is 3.64. The van der Waals surface area contributed by atoms with Crippen molar-refractivity contribution in [1.82, 2.24) is 15.7 Å². The first kappa shape index (κ1) is 30.2. The molecule has 1 heterocycles. The predicted molar refractivity (Wildman–Crippen MR) is 144 cm³/mol. The second-order valence-electron chi connectivity index (χ2n) is 7.58. The summed E-state index contributed by atoms with van der Waals surface area (Å²) < 4.78 is 28.7. The van der Waals surface area contributed by atoms with Gasteiger partial charge < -0.3 is 10.6 Å². The number of amides is 2. The van der Waals surface area contributed by atoms with Crippen molar-refractivity contribution in [2.24, 2.45) is 0 Å². The molecule has 11 heteroatoms. The van der Waals surface area contributed by atoms with Gasteiger partial charge in [0.2, 0.25) is 5.91 Å². The van der Waals surface area contributed by atoms with Crippen LogP contribution in [0.1, 0.15) is 37.4 Å². The Morgan fingerprint density at radius 3 is 2.50 bits per heavy atom. The van der Waals surface area contributed by atoms with Gasteiger partial charge in [-0.25, -0.2) is 19.2 Å². The molecule has 0 saturated heterocycles. The Kier molecular flexibility index (Phi) is 12.1. The van der Waals surface area contributed by atoms with Crippen LogP contribution in [0, 0.1) is 17.1 Å². The highest BCUT2D eigenvalue weighted by Crippen LogP contribution is 2.31. The van der Waals surface area contributed by atoms with Gasteiger partial charge in [0.05, 0.1) is 17.3 Å². The standard InChI is InChI=1S/C25H23ClF2N6O2.C2H6/c1-30-25(36)23(19-7-2-3-8-20(19)26)34(18-6-4-5-17(27)14-18)32-12-10-21(28)24(35)33-22-13-16(15-29)9-11-31-22;1-2/h2-9,11,13-14,21,23,32H,10,12H2,1H3,(H,30,36)(H,31,33,35);1-2H3. The van der Waals surface area contributed by atoms with Crippen LogP contribution in [0.2, 0.25) is 5.02 Å². The summed E-state index contributed by atoms with van der Waals surface area (Å²) in [4.78, 5) is 29.1. The van der Waals surface area contributed by atoms with Crippen molar-refractivity contribution in [2.45, 2.75) is 32.5 Å². The van der Waals surface area contributed by atoms with Gasteiger partial charge in [-0.15, -0.1) is 0 Å². The number of rotatable bonds is 10. The molecule has 2 atom stereocenters. The highest BCUT2D eigenvalue weighted by molar-refractivity contribution is 6.31. The minimum atomic E-state index is -1.93. The van der Waals surface area contributed by atoms with E-state index in [4.69, 9.17) is 16.9 Å². The Hall–Kier alpha value is -4.07. The number of hydrogen-bond donors (Lipinski definition) is 3. The smallest absolute Gasteiger partial charge is 0.260 e. The quantitative estimate of drug-likeness (QED) is 0.313. The van der Waals surface area contributed by atoms with Gasteiger partial charge in [0.15, 0.2) is 12.2 Å². The van der Waals surface area contributed by atoms with E-state index in [0.29, 0.717) is 16.3 Å². The molecule has 0 radical (unpaired) electrons. The van der Waals surface area contributed by atoms with E-state index in [-0.39, 0.29) is 24.3 Å². The maximum atomic E-state index is 14.7. The molecule has 8 nitrogen and oxygen atoms in total. The fraction of sp³-hybridized carbons (Fsp3) is 0.259. The molecule has 2 aromatic carbocycles. The summed E-state index contributed by atoms with van der Waals surface area (Å²) in [5.74, 6) is -1.87. The Balaban J connectivity index is 0.00000247. The van der Waals surface area contributed by atoms with Crippen LogP contribution in [-0.2, 0) is 9.59 Å². The molecule has 0 fully saturated rings. The summed E-state index contributed by atoms with van der Waals surface area (Å²) in [6.45, 7) is 3.91. The van der Waals surface area contributed by atoms with Gasteiger partial charge in [-0.2, -0.15) is 5.26 Å². The summed E-state index contributed by atoms with van der Waals surface area (Å²) in [7, 11) is 1.45. The molecule has 2 amide bonds. The van der Waals surface area contributed by atoms with Crippen LogP contribution in [0.4, 0.5) is 20.3 Å². The number of hydrazine groups is 1. The normalized spacial score (nSPS) is 11.7. The van der Waals surface area contributed by atoms with E-state index in [1.807, 2.05) is 19.9 Å². The monoisotopic (exact) mass is 542 g/mol. The van der Waals surface area contributed by atoms with E-state index in [9.17, 15) is 18.4 Å². The molecule has 0 aliphatic carbocycles. The van der Waals surface area contributed by atoms with Crippen LogP contribution in [0.15, 0.2) is 66.9 Å². The largest absolute Gasteiger partial charge is 0.357 e. The van der Waals surface area contributed by atoms with Crippen LogP contribution in [-0.4, -0.2) is 36.6 Å². The van der Waals surface area contributed by atoms with Crippen molar-refractivity contribution in [1.29, 1.82) is 5.26 Å². The minimum absolute atomic E-state index is 0.0504. The first-order chi connectivity index (χ1) is 18.3. The van der Waals surface area contributed by atoms with Crippen molar-refractivity contribution in [3.05, 3.63) is 88.8 Å². The van der Waals surface area contributed by atoms with Crippen molar-refractivity contribution in [3.63, 3.8) is 0 Å². The van der Waals surface area contributed by atoms with Gasteiger partial charge in [0, 0.05) is 36.8 Å². The molecule has 3 aromatic rings. The van der Waals surface area contributed by atoms with E-state index in [2.05, 4.69) is 21.0 Å². The first-order valence-corrected chi connectivity index (χ1v) is 12.3. The lowest BCUT2D eigenvalue weighted by Gasteiger charge is -2.33. The summed E-state index contributed by atoms with van der Waals surface area (Å²) in [5, 5.41) is 15.5. The number of pyridine rings is 1. The predicted octanol–water partition coefficient (Wildman–Crippen LogP) is 4.94.